The fourth-order valence-electron chi connectivity index (χ4n) is 2.53. The Hall–Kier alpha value is -1.36. The molecule has 0 aliphatic heterocycles. The van der Waals surface area contributed by atoms with Gasteiger partial charge in [-0.05, 0) is 40.3 Å². The summed E-state index contributed by atoms with van der Waals surface area (Å²) < 4.78 is 5.38. The number of hydrogen-bond donors (Lipinski definition) is 1. The summed E-state index contributed by atoms with van der Waals surface area (Å²) in [7, 11) is 4.25. The van der Waals surface area contributed by atoms with Crippen LogP contribution in [0.1, 0.15) is 26.2 Å². The van der Waals surface area contributed by atoms with E-state index in [0.29, 0.717) is 30.5 Å². The van der Waals surface area contributed by atoms with E-state index in [0.717, 1.165) is 0 Å². The largest absolute Gasteiger partial charge is 0.478 e. The first kappa shape index (κ1) is 13.1. The van der Waals surface area contributed by atoms with Crippen molar-refractivity contribution in [1.82, 2.24) is 14.9 Å². The van der Waals surface area contributed by atoms with E-state index in [1.54, 1.807) is 12.3 Å². The van der Waals surface area contributed by atoms with Crippen LogP contribution in [0.25, 0.3) is 0 Å². The molecule has 1 aliphatic rings. The van der Waals surface area contributed by atoms with Gasteiger partial charge in [-0.3, -0.25) is 0 Å². The Morgan fingerprint density at radius 1 is 1.44 bits per heavy atom. The second-order valence-corrected chi connectivity index (χ2v) is 4.86. The van der Waals surface area contributed by atoms with Crippen LogP contribution < -0.4 is 10.1 Å². The first-order valence-electron chi connectivity index (χ1n) is 6.59. The van der Waals surface area contributed by atoms with E-state index in [1.165, 1.54) is 19.3 Å². The number of aromatic nitrogens is 2. The molecule has 18 heavy (non-hydrogen) atoms. The Balaban J connectivity index is 2.02. The van der Waals surface area contributed by atoms with Crippen LogP contribution in [0, 0.1) is 0 Å². The monoisotopic (exact) mass is 250 g/mol. The highest BCUT2D eigenvalue weighted by molar-refractivity contribution is 5.30. The Morgan fingerprint density at radius 2 is 2.28 bits per heavy atom. The molecule has 100 valence electrons. The number of nitrogens with one attached hydrogen (secondary N) is 1. The molecular formula is C13H22N4O. The minimum Gasteiger partial charge on any atom is -0.478 e. The molecule has 1 aromatic rings. The number of rotatable bonds is 5. The number of anilines is 1. The Bertz CT molecular complexity index is 383. The summed E-state index contributed by atoms with van der Waals surface area (Å²) >= 11 is 0. The summed E-state index contributed by atoms with van der Waals surface area (Å²) in [6, 6.07) is 2.77. The Labute approximate surface area is 109 Å². The fraction of sp³-hybridized carbons (Fsp3) is 0.692. The molecular weight excluding hydrogens is 228 g/mol. The molecule has 1 heterocycles. The molecule has 0 unspecified atom stereocenters. The normalized spacial score (nSPS) is 23.3. The molecule has 0 aromatic carbocycles. The van der Waals surface area contributed by atoms with Crippen LogP contribution in [-0.4, -0.2) is 47.7 Å². The molecule has 2 rings (SSSR count). The smallest absolute Gasteiger partial charge is 0.226 e. The molecule has 0 saturated heterocycles. The zero-order chi connectivity index (χ0) is 13.0. The van der Waals surface area contributed by atoms with Gasteiger partial charge in [0.25, 0.3) is 0 Å². The lowest BCUT2D eigenvalue weighted by molar-refractivity contribution is 0.284. The van der Waals surface area contributed by atoms with E-state index >= 15 is 0 Å². The lowest BCUT2D eigenvalue weighted by Gasteiger charge is -2.26. The van der Waals surface area contributed by atoms with Crippen molar-refractivity contribution < 1.29 is 4.74 Å². The number of nitrogens with zero attached hydrogens (tertiary/aromatic N) is 3. The summed E-state index contributed by atoms with van der Waals surface area (Å²) in [5.41, 5.74) is 0. The first-order chi connectivity index (χ1) is 8.70. The van der Waals surface area contributed by atoms with Crippen molar-refractivity contribution in [1.29, 1.82) is 0 Å². The van der Waals surface area contributed by atoms with Crippen molar-refractivity contribution in [3.8, 4) is 5.88 Å². The highest BCUT2D eigenvalue weighted by atomic mass is 16.5. The third-order valence-electron chi connectivity index (χ3n) is 3.38. The summed E-state index contributed by atoms with van der Waals surface area (Å²) in [5.74, 6) is 1.30. The van der Waals surface area contributed by atoms with Crippen LogP contribution in [-0.2, 0) is 0 Å². The van der Waals surface area contributed by atoms with Gasteiger partial charge in [0, 0.05) is 24.3 Å². The molecule has 1 N–H and O–H groups in total. The molecule has 1 aromatic heterocycles. The molecule has 5 nitrogen and oxygen atoms in total. The third kappa shape index (κ3) is 3.10. The summed E-state index contributed by atoms with van der Waals surface area (Å²) in [5, 5.41) is 3.43. The van der Waals surface area contributed by atoms with Crippen molar-refractivity contribution in [2.24, 2.45) is 0 Å². The van der Waals surface area contributed by atoms with Crippen LogP contribution >= 0.6 is 0 Å². The second kappa shape index (κ2) is 6.00. The van der Waals surface area contributed by atoms with Gasteiger partial charge < -0.3 is 15.0 Å². The number of hydrogen-bond acceptors (Lipinski definition) is 5. The van der Waals surface area contributed by atoms with Gasteiger partial charge in [0.2, 0.25) is 11.8 Å². The Morgan fingerprint density at radius 3 is 3.00 bits per heavy atom. The zero-order valence-corrected chi connectivity index (χ0v) is 11.4. The van der Waals surface area contributed by atoms with Crippen molar-refractivity contribution in [2.75, 3.05) is 26.0 Å². The zero-order valence-electron chi connectivity index (χ0n) is 11.4. The highest BCUT2D eigenvalue weighted by Crippen LogP contribution is 2.25. The minimum atomic E-state index is 0.428. The van der Waals surface area contributed by atoms with Crippen LogP contribution in [0.2, 0.25) is 0 Å². The minimum absolute atomic E-state index is 0.428. The summed E-state index contributed by atoms with van der Waals surface area (Å²) in [6.45, 7) is 2.58. The summed E-state index contributed by atoms with van der Waals surface area (Å²) in [6.07, 6.45) is 5.40. The van der Waals surface area contributed by atoms with Gasteiger partial charge in [-0.1, -0.05) is 0 Å². The van der Waals surface area contributed by atoms with Gasteiger partial charge in [0.15, 0.2) is 0 Å². The van der Waals surface area contributed by atoms with Gasteiger partial charge >= 0.3 is 0 Å². The van der Waals surface area contributed by atoms with E-state index in [-0.39, 0.29) is 0 Å². The van der Waals surface area contributed by atoms with Crippen LogP contribution in [0.3, 0.4) is 0 Å². The van der Waals surface area contributed by atoms with Gasteiger partial charge in [-0.2, -0.15) is 4.98 Å². The van der Waals surface area contributed by atoms with Gasteiger partial charge in [0.05, 0.1) is 6.61 Å². The SMILES string of the molecule is CCOc1ccnc(N[C@H]2CCC[C@@H]2N(C)C)n1. The van der Waals surface area contributed by atoms with Crippen LogP contribution in [0.5, 0.6) is 5.88 Å². The molecule has 0 spiro atoms. The van der Waals surface area contributed by atoms with E-state index in [2.05, 4.69) is 34.3 Å². The average Bonchev–Trinajstić information content (AvgIpc) is 2.78. The van der Waals surface area contributed by atoms with Crippen molar-refractivity contribution in [2.45, 2.75) is 38.3 Å². The quantitative estimate of drug-likeness (QED) is 0.863. The van der Waals surface area contributed by atoms with Gasteiger partial charge in [-0.15, -0.1) is 0 Å². The molecule has 1 saturated carbocycles. The molecule has 0 radical (unpaired) electrons. The maximum atomic E-state index is 5.38. The maximum absolute atomic E-state index is 5.38. The lowest BCUT2D eigenvalue weighted by atomic mass is 10.1. The van der Waals surface area contributed by atoms with Crippen LogP contribution in [0.15, 0.2) is 12.3 Å². The third-order valence-corrected chi connectivity index (χ3v) is 3.38. The second-order valence-electron chi connectivity index (χ2n) is 4.86. The molecule has 1 aliphatic carbocycles. The molecule has 2 atom stereocenters. The van der Waals surface area contributed by atoms with Crippen molar-refractivity contribution in [3.05, 3.63) is 12.3 Å². The molecule has 5 heteroatoms. The summed E-state index contributed by atoms with van der Waals surface area (Å²) in [4.78, 5) is 10.9. The topological polar surface area (TPSA) is 50.3 Å². The van der Waals surface area contributed by atoms with Crippen molar-refractivity contribution in [3.63, 3.8) is 0 Å². The van der Waals surface area contributed by atoms with E-state index < -0.39 is 0 Å². The van der Waals surface area contributed by atoms with Gasteiger partial charge in [0.1, 0.15) is 0 Å². The number of likely N-dealkylation sites (N-methyl/N-ethyl adjacent to an activating group) is 1. The first-order valence-corrected chi connectivity index (χ1v) is 6.59. The molecule has 0 amide bonds. The molecule has 1 fully saturated rings. The molecule has 0 bridgehead atoms. The number of ether oxygens (including phenoxy) is 1. The highest BCUT2D eigenvalue weighted by Gasteiger charge is 2.29. The predicted molar refractivity (Wildman–Crippen MR) is 71.9 cm³/mol. The predicted octanol–water partition coefficient (Wildman–Crippen LogP) is 1.77. The fourth-order valence-corrected chi connectivity index (χ4v) is 2.53. The maximum Gasteiger partial charge on any atom is 0.226 e. The van der Waals surface area contributed by atoms with Crippen LogP contribution in [0.4, 0.5) is 5.95 Å². The lowest BCUT2D eigenvalue weighted by Crippen LogP contribution is -2.39. The van der Waals surface area contributed by atoms with Gasteiger partial charge in [-0.25, -0.2) is 4.98 Å². The van der Waals surface area contributed by atoms with E-state index in [1.807, 2.05) is 6.92 Å². The Kier molecular flexibility index (Phi) is 4.36. The van der Waals surface area contributed by atoms with E-state index in [9.17, 15) is 0 Å². The standard InChI is InChI=1S/C13H22N4O/c1-4-18-12-8-9-14-13(16-12)15-10-6-5-7-11(10)17(2)3/h8-11H,4-7H2,1-3H3,(H,14,15,16)/t10-,11-/m0/s1. The average molecular weight is 250 g/mol. The van der Waals surface area contributed by atoms with E-state index in [4.69, 9.17) is 4.74 Å². The van der Waals surface area contributed by atoms with Crippen molar-refractivity contribution >= 4 is 5.95 Å².